The molecule has 0 radical (unpaired) electrons. The van der Waals surface area contributed by atoms with Gasteiger partial charge >= 0.3 is 5.97 Å². The molecule has 1 amide bonds. The average molecular weight is 200 g/mol. The van der Waals surface area contributed by atoms with E-state index in [1.807, 2.05) is 0 Å². The van der Waals surface area contributed by atoms with Crippen molar-refractivity contribution in [2.45, 2.75) is 25.8 Å². The highest BCUT2D eigenvalue weighted by Crippen LogP contribution is 2.28. The predicted octanol–water partition coefficient (Wildman–Crippen LogP) is -0.439. The maximum absolute atomic E-state index is 11.3. The normalized spacial score (nSPS) is 27.9. The highest BCUT2D eigenvalue weighted by molar-refractivity contribution is 5.84. The Morgan fingerprint density at radius 1 is 1.79 bits per heavy atom. The second-order valence-electron chi connectivity index (χ2n) is 4.06. The third-order valence-corrected chi connectivity index (χ3v) is 3.10. The molecular formula is C9H16N2O3. The van der Waals surface area contributed by atoms with Crippen molar-refractivity contribution in [1.82, 2.24) is 5.32 Å². The molecule has 5 heteroatoms. The summed E-state index contributed by atoms with van der Waals surface area (Å²) in [5.41, 5.74) is 4.32. The van der Waals surface area contributed by atoms with Crippen molar-refractivity contribution in [1.29, 1.82) is 0 Å². The molecule has 0 spiro atoms. The highest BCUT2D eigenvalue weighted by atomic mass is 16.4. The first kappa shape index (κ1) is 11.0. The number of hydrogen-bond acceptors (Lipinski definition) is 3. The molecule has 1 saturated heterocycles. The fourth-order valence-electron chi connectivity index (χ4n) is 1.70. The van der Waals surface area contributed by atoms with Crippen LogP contribution in [0.25, 0.3) is 0 Å². The lowest BCUT2D eigenvalue weighted by Gasteiger charge is -2.30. The SMILES string of the molecule is CC(C1CCNC1=O)C(C)(N)C(=O)O. The van der Waals surface area contributed by atoms with Gasteiger partial charge in [0.15, 0.2) is 0 Å². The minimum atomic E-state index is -1.34. The van der Waals surface area contributed by atoms with Crippen LogP contribution in [0.15, 0.2) is 0 Å². The maximum Gasteiger partial charge on any atom is 0.323 e. The van der Waals surface area contributed by atoms with Crippen molar-refractivity contribution < 1.29 is 14.7 Å². The monoisotopic (exact) mass is 200 g/mol. The first-order chi connectivity index (χ1) is 6.37. The zero-order valence-corrected chi connectivity index (χ0v) is 8.41. The van der Waals surface area contributed by atoms with Gasteiger partial charge in [-0.2, -0.15) is 0 Å². The van der Waals surface area contributed by atoms with Gasteiger partial charge < -0.3 is 16.2 Å². The van der Waals surface area contributed by atoms with Gasteiger partial charge in [-0.05, 0) is 19.3 Å². The number of nitrogens with one attached hydrogen (secondary N) is 1. The number of amides is 1. The number of carbonyl (C=O) groups is 2. The van der Waals surface area contributed by atoms with Gasteiger partial charge in [-0.15, -0.1) is 0 Å². The van der Waals surface area contributed by atoms with Gasteiger partial charge in [-0.3, -0.25) is 9.59 Å². The smallest absolute Gasteiger partial charge is 0.323 e. The molecule has 0 bridgehead atoms. The van der Waals surface area contributed by atoms with E-state index in [1.54, 1.807) is 6.92 Å². The molecule has 0 aromatic heterocycles. The van der Waals surface area contributed by atoms with Crippen LogP contribution in [0.1, 0.15) is 20.3 Å². The number of carboxylic acid groups (broad SMARTS) is 1. The Kier molecular flexibility index (Phi) is 2.80. The van der Waals surface area contributed by atoms with Crippen molar-refractivity contribution >= 4 is 11.9 Å². The lowest BCUT2D eigenvalue weighted by molar-refractivity contribution is -0.145. The van der Waals surface area contributed by atoms with Gasteiger partial charge in [0, 0.05) is 12.5 Å². The number of nitrogens with two attached hydrogens (primary N) is 1. The summed E-state index contributed by atoms with van der Waals surface area (Å²) in [5.74, 6) is -1.79. The average Bonchev–Trinajstić information content (AvgIpc) is 2.49. The van der Waals surface area contributed by atoms with E-state index in [1.165, 1.54) is 6.92 Å². The van der Waals surface area contributed by atoms with E-state index in [9.17, 15) is 9.59 Å². The molecule has 14 heavy (non-hydrogen) atoms. The summed E-state index contributed by atoms with van der Waals surface area (Å²) in [7, 11) is 0. The second kappa shape index (κ2) is 3.57. The lowest BCUT2D eigenvalue weighted by atomic mass is 9.78. The Morgan fingerprint density at radius 3 is 2.71 bits per heavy atom. The van der Waals surface area contributed by atoms with Crippen LogP contribution >= 0.6 is 0 Å². The molecule has 3 atom stereocenters. The summed E-state index contributed by atoms with van der Waals surface area (Å²) >= 11 is 0. The summed E-state index contributed by atoms with van der Waals surface area (Å²) in [6, 6.07) is 0. The standard InChI is InChI=1S/C9H16N2O3/c1-5(9(2,10)8(13)14)6-3-4-11-7(6)12/h5-6H,3-4,10H2,1-2H3,(H,11,12)(H,13,14). The second-order valence-corrected chi connectivity index (χ2v) is 4.06. The van der Waals surface area contributed by atoms with Crippen LogP contribution in [0.3, 0.4) is 0 Å². The molecule has 0 aromatic carbocycles. The molecule has 5 nitrogen and oxygen atoms in total. The third kappa shape index (κ3) is 1.72. The topological polar surface area (TPSA) is 92.4 Å². The first-order valence-corrected chi connectivity index (χ1v) is 4.67. The maximum atomic E-state index is 11.3. The Morgan fingerprint density at radius 2 is 2.36 bits per heavy atom. The highest BCUT2D eigenvalue weighted by Gasteiger charge is 2.43. The van der Waals surface area contributed by atoms with E-state index in [0.717, 1.165) is 0 Å². The van der Waals surface area contributed by atoms with Crippen LogP contribution in [0.5, 0.6) is 0 Å². The molecule has 0 aromatic rings. The largest absolute Gasteiger partial charge is 0.480 e. The predicted molar refractivity (Wildman–Crippen MR) is 50.5 cm³/mol. The first-order valence-electron chi connectivity index (χ1n) is 4.67. The minimum absolute atomic E-state index is 0.0876. The zero-order valence-electron chi connectivity index (χ0n) is 8.41. The number of aliphatic carboxylic acids is 1. The van der Waals surface area contributed by atoms with Crippen LogP contribution in [0.2, 0.25) is 0 Å². The summed E-state index contributed by atoms with van der Waals surface area (Å²) in [6.07, 6.45) is 0.667. The third-order valence-electron chi connectivity index (χ3n) is 3.10. The summed E-state index contributed by atoms with van der Waals surface area (Å²) < 4.78 is 0. The fourth-order valence-corrected chi connectivity index (χ4v) is 1.70. The minimum Gasteiger partial charge on any atom is -0.480 e. The number of rotatable bonds is 3. The molecule has 1 aliphatic heterocycles. The Labute approximate surface area is 82.7 Å². The lowest BCUT2D eigenvalue weighted by Crippen LogP contribution is -2.53. The van der Waals surface area contributed by atoms with Gasteiger partial charge in [0.1, 0.15) is 5.54 Å². The summed E-state index contributed by atoms with van der Waals surface area (Å²) in [4.78, 5) is 22.2. The van der Waals surface area contributed by atoms with Crippen LogP contribution in [0, 0.1) is 11.8 Å². The zero-order chi connectivity index (χ0) is 10.9. The molecule has 1 fully saturated rings. The van der Waals surface area contributed by atoms with Gasteiger partial charge in [0.25, 0.3) is 0 Å². The van der Waals surface area contributed by atoms with Crippen molar-refractivity contribution in [3.63, 3.8) is 0 Å². The molecule has 1 heterocycles. The van der Waals surface area contributed by atoms with E-state index < -0.39 is 11.5 Å². The molecule has 4 N–H and O–H groups in total. The van der Waals surface area contributed by atoms with Crippen molar-refractivity contribution in [3.05, 3.63) is 0 Å². The number of carbonyl (C=O) groups excluding carboxylic acids is 1. The van der Waals surface area contributed by atoms with E-state index in [0.29, 0.717) is 13.0 Å². The molecule has 0 aliphatic carbocycles. The molecule has 80 valence electrons. The Bertz CT molecular complexity index is 263. The molecule has 0 saturated carbocycles. The van der Waals surface area contributed by atoms with E-state index in [-0.39, 0.29) is 17.7 Å². The van der Waals surface area contributed by atoms with Crippen LogP contribution < -0.4 is 11.1 Å². The fraction of sp³-hybridized carbons (Fsp3) is 0.778. The van der Waals surface area contributed by atoms with Gasteiger partial charge in [0.2, 0.25) is 5.91 Å². The van der Waals surface area contributed by atoms with E-state index in [2.05, 4.69) is 5.32 Å². The Hall–Kier alpha value is -1.10. The number of hydrogen-bond donors (Lipinski definition) is 3. The van der Waals surface area contributed by atoms with Crippen molar-refractivity contribution in [2.75, 3.05) is 6.54 Å². The van der Waals surface area contributed by atoms with Gasteiger partial charge in [-0.1, -0.05) is 6.92 Å². The Balaban J connectivity index is 2.78. The van der Waals surface area contributed by atoms with Gasteiger partial charge in [0.05, 0.1) is 0 Å². The van der Waals surface area contributed by atoms with E-state index in [4.69, 9.17) is 10.8 Å². The molecule has 1 aliphatic rings. The summed E-state index contributed by atoms with van der Waals surface area (Å²) in [5, 5.41) is 11.6. The molecule has 3 unspecified atom stereocenters. The quantitative estimate of drug-likeness (QED) is 0.576. The number of carboxylic acids is 1. The molecular weight excluding hydrogens is 184 g/mol. The van der Waals surface area contributed by atoms with Crippen LogP contribution in [-0.2, 0) is 9.59 Å². The summed E-state index contributed by atoms with van der Waals surface area (Å²) in [6.45, 7) is 3.78. The van der Waals surface area contributed by atoms with Crippen molar-refractivity contribution in [3.8, 4) is 0 Å². The molecule has 1 rings (SSSR count). The van der Waals surface area contributed by atoms with Crippen molar-refractivity contribution in [2.24, 2.45) is 17.6 Å². The van der Waals surface area contributed by atoms with Crippen LogP contribution in [0.4, 0.5) is 0 Å². The van der Waals surface area contributed by atoms with Crippen LogP contribution in [-0.4, -0.2) is 29.1 Å². The van der Waals surface area contributed by atoms with E-state index >= 15 is 0 Å². The van der Waals surface area contributed by atoms with Gasteiger partial charge in [-0.25, -0.2) is 0 Å².